The lowest BCUT2D eigenvalue weighted by atomic mass is 10.1. The highest BCUT2D eigenvalue weighted by Gasteiger charge is 2.16. The number of thiazole rings is 1. The Kier molecular flexibility index (Phi) is 7.94. The van der Waals surface area contributed by atoms with Crippen LogP contribution in [0.3, 0.4) is 0 Å². The lowest BCUT2D eigenvalue weighted by Crippen LogP contribution is -2.20. The summed E-state index contributed by atoms with van der Waals surface area (Å²) < 4.78 is 11.1. The summed E-state index contributed by atoms with van der Waals surface area (Å²) in [5.41, 5.74) is 3.99. The molecule has 4 aromatic rings. The van der Waals surface area contributed by atoms with Crippen molar-refractivity contribution in [1.82, 2.24) is 13.9 Å². The Morgan fingerprint density at radius 2 is 1.82 bits per heavy atom. The number of benzene rings is 2. The van der Waals surface area contributed by atoms with Gasteiger partial charge in [-0.2, -0.15) is 0 Å². The largest absolute Gasteiger partial charge is 0.494 e. The predicted octanol–water partition coefficient (Wildman–Crippen LogP) is 5.41. The molecule has 0 aliphatic rings. The summed E-state index contributed by atoms with van der Waals surface area (Å²) >= 11 is 1.51. The summed E-state index contributed by atoms with van der Waals surface area (Å²) in [7, 11) is 1.88. The number of ether oxygens (including phenoxy) is 1. The molecule has 0 fully saturated rings. The van der Waals surface area contributed by atoms with Crippen LogP contribution in [0.15, 0.2) is 82.4 Å². The number of nitrogens with zero attached hydrogens (tertiary/aromatic N) is 4. The molecule has 0 spiro atoms. The quantitative estimate of drug-likeness (QED) is 0.302. The number of hydrogen-bond donors (Lipinski definition) is 0. The van der Waals surface area contributed by atoms with Crippen LogP contribution in [-0.4, -0.2) is 20.5 Å². The summed E-state index contributed by atoms with van der Waals surface area (Å²) in [5, 5.41) is 2.06. The van der Waals surface area contributed by atoms with Gasteiger partial charge in [0, 0.05) is 19.0 Å². The monoisotopic (exact) mass is 526 g/mol. The molecule has 33 heavy (non-hydrogen) atoms. The van der Waals surface area contributed by atoms with E-state index in [2.05, 4.69) is 16.5 Å². The molecule has 0 radical (unpaired) electrons. The number of halogens is 1. The van der Waals surface area contributed by atoms with Crippen molar-refractivity contribution in [1.29, 1.82) is 0 Å². The fourth-order valence-corrected chi connectivity index (χ4v) is 4.55. The minimum Gasteiger partial charge on any atom is -0.494 e. The highest BCUT2D eigenvalue weighted by molar-refractivity contribution is 8.93. The van der Waals surface area contributed by atoms with Crippen molar-refractivity contribution >= 4 is 34.0 Å². The summed E-state index contributed by atoms with van der Waals surface area (Å²) in [6, 6.07) is 17.6. The molecular weight excluding hydrogens is 500 g/mol. The first-order chi connectivity index (χ1) is 15.5. The molecule has 0 unspecified atom stereocenters. The molecule has 0 aliphatic carbocycles. The van der Waals surface area contributed by atoms with Gasteiger partial charge in [0.15, 0.2) is 10.5 Å². The smallest absolute Gasteiger partial charge is 0.297 e. The molecular formula is C25H27BrN4O2S. The summed E-state index contributed by atoms with van der Waals surface area (Å²) in [6.45, 7) is 9.01. The van der Waals surface area contributed by atoms with E-state index in [0.717, 1.165) is 33.2 Å². The number of rotatable bonds is 7. The fourth-order valence-electron chi connectivity index (χ4n) is 3.62. The van der Waals surface area contributed by atoms with Crippen LogP contribution in [0.2, 0.25) is 0 Å². The Bertz CT molecular complexity index is 1360. The minimum atomic E-state index is -0.141. The lowest BCUT2D eigenvalue weighted by Gasteiger charge is -2.08. The van der Waals surface area contributed by atoms with Crippen LogP contribution in [0.25, 0.3) is 16.9 Å². The van der Waals surface area contributed by atoms with Gasteiger partial charge in [-0.1, -0.05) is 24.3 Å². The fraction of sp³-hybridized carbons (Fsp3) is 0.200. The molecule has 4 rings (SSSR count). The second-order valence-corrected chi connectivity index (χ2v) is 8.12. The van der Waals surface area contributed by atoms with Crippen molar-refractivity contribution in [2.24, 2.45) is 12.0 Å². The molecule has 8 heteroatoms. The normalized spacial score (nSPS) is 11.3. The zero-order valence-corrected chi connectivity index (χ0v) is 21.4. The standard InChI is InChI=1S/C25H26N4O2S.BrH/c1-5-16-28-22(19-12-14-21(15-13-19)31-6-2)17-32-25(28)26-23-18(3)27(4)29(24(23)30)20-10-8-7-9-11-20;/h5,7-15,17H,1,6,16H2,2-4H3;1H. The lowest BCUT2D eigenvalue weighted by molar-refractivity contribution is 0.340. The first-order valence-corrected chi connectivity index (χ1v) is 11.3. The van der Waals surface area contributed by atoms with Crippen LogP contribution in [0.4, 0.5) is 5.69 Å². The van der Waals surface area contributed by atoms with Gasteiger partial charge in [0.1, 0.15) is 5.75 Å². The molecule has 2 aromatic heterocycles. The number of para-hydroxylation sites is 1. The van der Waals surface area contributed by atoms with Gasteiger partial charge >= 0.3 is 0 Å². The first-order valence-electron chi connectivity index (χ1n) is 10.5. The molecule has 172 valence electrons. The SMILES string of the molecule is Br.C=CCn1c(-c2ccc(OCC)cc2)csc1=Nc1c(C)n(C)n(-c2ccccc2)c1=O. The highest BCUT2D eigenvalue weighted by atomic mass is 79.9. The Balaban J connectivity index is 0.00000306. The van der Waals surface area contributed by atoms with Gasteiger partial charge in [0.05, 0.1) is 23.7 Å². The Morgan fingerprint density at radius 3 is 2.45 bits per heavy atom. The molecule has 0 atom stereocenters. The van der Waals surface area contributed by atoms with Crippen LogP contribution < -0.4 is 15.1 Å². The summed E-state index contributed by atoms with van der Waals surface area (Å²) in [5.74, 6) is 0.841. The van der Waals surface area contributed by atoms with E-state index in [0.29, 0.717) is 18.8 Å². The Hall–Kier alpha value is -3.10. The first kappa shape index (κ1) is 24.5. The summed E-state index contributed by atoms with van der Waals surface area (Å²) in [6.07, 6.45) is 1.84. The number of hydrogen-bond acceptors (Lipinski definition) is 4. The molecule has 2 aromatic carbocycles. The van der Waals surface area contributed by atoms with E-state index in [9.17, 15) is 4.79 Å². The van der Waals surface area contributed by atoms with Crippen molar-refractivity contribution in [3.05, 3.63) is 93.5 Å². The third-order valence-corrected chi connectivity index (χ3v) is 6.17. The summed E-state index contributed by atoms with van der Waals surface area (Å²) in [4.78, 5) is 18.8. The van der Waals surface area contributed by atoms with Crippen molar-refractivity contribution in [2.75, 3.05) is 6.61 Å². The van der Waals surface area contributed by atoms with E-state index in [1.165, 1.54) is 11.3 Å². The molecule has 2 heterocycles. The maximum Gasteiger partial charge on any atom is 0.297 e. The van der Waals surface area contributed by atoms with Crippen LogP contribution in [0, 0.1) is 6.92 Å². The van der Waals surface area contributed by atoms with Crippen LogP contribution >= 0.6 is 28.3 Å². The second-order valence-electron chi connectivity index (χ2n) is 7.28. The van der Waals surface area contributed by atoms with E-state index >= 15 is 0 Å². The molecule has 0 saturated carbocycles. The van der Waals surface area contributed by atoms with Crippen molar-refractivity contribution in [2.45, 2.75) is 20.4 Å². The van der Waals surface area contributed by atoms with Crippen molar-refractivity contribution in [3.63, 3.8) is 0 Å². The zero-order chi connectivity index (χ0) is 22.7. The van der Waals surface area contributed by atoms with Crippen LogP contribution in [0.1, 0.15) is 12.6 Å². The topological polar surface area (TPSA) is 53.4 Å². The maximum atomic E-state index is 13.3. The van der Waals surface area contributed by atoms with Crippen molar-refractivity contribution in [3.8, 4) is 22.7 Å². The van der Waals surface area contributed by atoms with Gasteiger partial charge in [-0.05, 0) is 55.8 Å². The molecule has 0 N–H and O–H groups in total. The molecule has 0 amide bonds. The Labute approximate surface area is 207 Å². The van der Waals surface area contributed by atoms with Gasteiger partial charge in [-0.3, -0.25) is 9.48 Å². The number of aromatic nitrogens is 3. The average molecular weight is 527 g/mol. The zero-order valence-electron chi connectivity index (χ0n) is 18.9. The molecule has 0 bridgehead atoms. The van der Waals surface area contributed by atoms with Gasteiger partial charge < -0.3 is 9.30 Å². The highest BCUT2D eigenvalue weighted by Crippen LogP contribution is 2.24. The molecule has 6 nitrogen and oxygen atoms in total. The van der Waals surface area contributed by atoms with E-state index in [-0.39, 0.29) is 22.5 Å². The third-order valence-electron chi connectivity index (χ3n) is 5.30. The number of allylic oxidation sites excluding steroid dienone is 1. The van der Waals surface area contributed by atoms with Gasteiger partial charge in [-0.15, -0.1) is 34.9 Å². The van der Waals surface area contributed by atoms with E-state index in [1.807, 2.05) is 86.3 Å². The second kappa shape index (κ2) is 10.7. The van der Waals surface area contributed by atoms with Gasteiger partial charge in [-0.25, -0.2) is 9.67 Å². The van der Waals surface area contributed by atoms with Crippen LogP contribution in [-0.2, 0) is 13.6 Å². The van der Waals surface area contributed by atoms with E-state index in [1.54, 1.807) is 4.68 Å². The third kappa shape index (κ3) is 4.82. The average Bonchev–Trinajstić information content (AvgIpc) is 3.29. The predicted molar refractivity (Wildman–Crippen MR) is 140 cm³/mol. The van der Waals surface area contributed by atoms with E-state index in [4.69, 9.17) is 9.73 Å². The molecule has 0 aliphatic heterocycles. The van der Waals surface area contributed by atoms with Crippen LogP contribution in [0.5, 0.6) is 5.75 Å². The van der Waals surface area contributed by atoms with Crippen molar-refractivity contribution < 1.29 is 4.74 Å². The Morgan fingerprint density at radius 1 is 1.12 bits per heavy atom. The maximum absolute atomic E-state index is 13.3. The minimum absolute atomic E-state index is 0. The van der Waals surface area contributed by atoms with Gasteiger partial charge in [0.2, 0.25) is 0 Å². The molecule has 0 saturated heterocycles. The van der Waals surface area contributed by atoms with E-state index < -0.39 is 0 Å². The van der Waals surface area contributed by atoms with Gasteiger partial charge in [0.25, 0.3) is 5.56 Å².